The van der Waals surface area contributed by atoms with Crippen LogP contribution in [0.25, 0.3) is 0 Å². The molecule has 0 atom stereocenters. The predicted octanol–water partition coefficient (Wildman–Crippen LogP) is 6.20. The molecule has 154 valence electrons. The summed E-state index contributed by atoms with van der Waals surface area (Å²) in [5, 5.41) is 0. The van der Waals surface area contributed by atoms with Crippen LogP contribution in [0.15, 0.2) is 60.7 Å². The van der Waals surface area contributed by atoms with Crippen LogP contribution in [0.3, 0.4) is 0 Å². The number of amides is 1. The first-order chi connectivity index (χ1) is 13.8. The van der Waals surface area contributed by atoms with Crippen molar-refractivity contribution in [2.75, 3.05) is 13.1 Å². The van der Waals surface area contributed by atoms with E-state index >= 15 is 0 Å². The second-order valence-corrected chi connectivity index (χ2v) is 9.49. The van der Waals surface area contributed by atoms with Gasteiger partial charge in [-0.25, -0.2) is 0 Å². The number of benzene rings is 2. The number of carbonyl (C=O) groups is 1. The van der Waals surface area contributed by atoms with Gasteiger partial charge in [0.1, 0.15) is 0 Å². The van der Waals surface area contributed by atoms with Crippen LogP contribution in [0.1, 0.15) is 67.6 Å². The molecular formula is C27H35NO. The lowest BCUT2D eigenvalue weighted by molar-refractivity contribution is 0.0500. The van der Waals surface area contributed by atoms with Crippen molar-refractivity contribution in [3.63, 3.8) is 0 Å². The summed E-state index contributed by atoms with van der Waals surface area (Å²) < 4.78 is 0. The van der Waals surface area contributed by atoms with Gasteiger partial charge in [-0.15, -0.1) is 0 Å². The molecule has 29 heavy (non-hydrogen) atoms. The number of carbonyl (C=O) groups excluding carboxylic acids is 1. The molecule has 1 aliphatic rings. The van der Waals surface area contributed by atoms with Gasteiger partial charge in [-0.2, -0.15) is 0 Å². The first kappa shape index (κ1) is 21.4. The minimum Gasteiger partial charge on any atom is -0.338 e. The van der Waals surface area contributed by atoms with Gasteiger partial charge in [0.05, 0.1) is 0 Å². The fourth-order valence-electron chi connectivity index (χ4n) is 4.10. The molecule has 3 rings (SSSR count). The Morgan fingerprint density at radius 3 is 2.34 bits per heavy atom. The molecule has 0 aromatic heterocycles. The van der Waals surface area contributed by atoms with E-state index in [1.54, 1.807) is 0 Å². The minimum absolute atomic E-state index is 0.154. The summed E-state index contributed by atoms with van der Waals surface area (Å²) in [5.74, 6) is 0.719. The number of allylic oxidation sites excluding steroid dienone is 1. The summed E-state index contributed by atoms with van der Waals surface area (Å²) in [6, 6.07) is 16.9. The molecule has 1 fully saturated rings. The molecule has 0 spiro atoms. The van der Waals surface area contributed by atoms with Crippen LogP contribution in [0, 0.1) is 5.92 Å². The van der Waals surface area contributed by atoms with Gasteiger partial charge in [-0.05, 0) is 65.8 Å². The van der Waals surface area contributed by atoms with E-state index in [0.29, 0.717) is 5.92 Å². The number of hydrogen-bond acceptors (Lipinski definition) is 1. The van der Waals surface area contributed by atoms with E-state index in [4.69, 9.17) is 0 Å². The van der Waals surface area contributed by atoms with E-state index in [2.05, 4.69) is 70.7 Å². The molecule has 1 saturated heterocycles. The van der Waals surface area contributed by atoms with Gasteiger partial charge in [0.2, 0.25) is 0 Å². The first-order valence-corrected chi connectivity index (χ1v) is 10.9. The number of hydrogen-bond donors (Lipinski definition) is 0. The van der Waals surface area contributed by atoms with Crippen molar-refractivity contribution in [2.24, 2.45) is 5.92 Å². The highest BCUT2D eigenvalue weighted by Crippen LogP contribution is 2.30. The molecule has 2 nitrogen and oxygen atoms in total. The molecule has 0 bridgehead atoms. The Kier molecular flexibility index (Phi) is 6.62. The first-order valence-electron chi connectivity index (χ1n) is 10.9. The summed E-state index contributed by atoms with van der Waals surface area (Å²) >= 11 is 0. The highest BCUT2D eigenvalue weighted by atomic mass is 16.2. The maximum atomic E-state index is 12.8. The van der Waals surface area contributed by atoms with Gasteiger partial charge in [0.15, 0.2) is 0 Å². The SMILES string of the molecule is C=C(CC)CCc1ccc(C(=O)N2CC(Cc3ccccc3C(C)(C)C)C2)cc1. The molecular weight excluding hydrogens is 354 g/mol. The minimum atomic E-state index is 0.154. The quantitative estimate of drug-likeness (QED) is 0.516. The van der Waals surface area contributed by atoms with Crippen LogP contribution < -0.4 is 0 Å². The molecule has 1 heterocycles. The number of rotatable bonds is 7. The molecule has 2 heteroatoms. The zero-order valence-electron chi connectivity index (χ0n) is 18.5. The van der Waals surface area contributed by atoms with Gasteiger partial charge in [-0.1, -0.05) is 76.2 Å². The summed E-state index contributed by atoms with van der Waals surface area (Å²) in [7, 11) is 0. The van der Waals surface area contributed by atoms with Crippen LogP contribution in [0.4, 0.5) is 0 Å². The van der Waals surface area contributed by atoms with Crippen molar-refractivity contribution in [2.45, 2.75) is 58.8 Å². The summed E-state index contributed by atoms with van der Waals surface area (Å²) in [6.07, 6.45) is 4.11. The molecule has 1 amide bonds. The number of likely N-dealkylation sites (tertiary alicyclic amines) is 1. The lowest BCUT2D eigenvalue weighted by Gasteiger charge is -2.40. The summed E-state index contributed by atoms with van der Waals surface area (Å²) in [6.45, 7) is 14.7. The molecule has 2 aromatic rings. The van der Waals surface area contributed by atoms with Gasteiger partial charge in [-0.3, -0.25) is 4.79 Å². The Balaban J connectivity index is 1.54. The van der Waals surface area contributed by atoms with Gasteiger partial charge >= 0.3 is 0 Å². The van der Waals surface area contributed by atoms with Crippen molar-refractivity contribution in [3.05, 3.63) is 82.9 Å². The van der Waals surface area contributed by atoms with Crippen LogP contribution in [-0.4, -0.2) is 23.9 Å². The molecule has 0 radical (unpaired) electrons. The second-order valence-electron chi connectivity index (χ2n) is 9.49. The zero-order chi connectivity index (χ0) is 21.0. The Labute approximate surface area is 176 Å². The van der Waals surface area contributed by atoms with Gasteiger partial charge in [0.25, 0.3) is 5.91 Å². The van der Waals surface area contributed by atoms with E-state index in [-0.39, 0.29) is 11.3 Å². The second kappa shape index (κ2) is 8.98. The largest absolute Gasteiger partial charge is 0.338 e. The standard InChI is InChI=1S/C27H35NO/c1-6-20(2)11-12-21-13-15-23(16-14-21)26(29)28-18-22(19-28)17-24-9-7-8-10-25(24)27(3,4)5/h7-10,13-16,22H,2,6,11-12,17-19H2,1,3-5H3. The third-order valence-corrected chi connectivity index (χ3v) is 6.05. The predicted molar refractivity (Wildman–Crippen MR) is 122 cm³/mol. The highest BCUT2D eigenvalue weighted by Gasteiger charge is 2.32. The van der Waals surface area contributed by atoms with Gasteiger partial charge in [0, 0.05) is 18.7 Å². The average molecular weight is 390 g/mol. The smallest absolute Gasteiger partial charge is 0.253 e. The Hall–Kier alpha value is -2.35. The zero-order valence-corrected chi connectivity index (χ0v) is 18.5. The Bertz CT molecular complexity index is 851. The van der Waals surface area contributed by atoms with Gasteiger partial charge < -0.3 is 4.90 Å². The molecule has 1 aliphatic heterocycles. The Morgan fingerprint density at radius 1 is 1.07 bits per heavy atom. The maximum absolute atomic E-state index is 12.8. The lowest BCUT2D eigenvalue weighted by Crippen LogP contribution is -2.50. The van der Waals surface area contributed by atoms with Crippen molar-refractivity contribution >= 4 is 5.91 Å². The average Bonchev–Trinajstić information content (AvgIpc) is 2.68. The molecule has 0 N–H and O–H groups in total. The third-order valence-electron chi connectivity index (χ3n) is 6.05. The number of nitrogens with zero attached hydrogens (tertiary/aromatic N) is 1. The summed E-state index contributed by atoms with van der Waals surface area (Å²) in [5.41, 5.74) is 6.36. The third kappa shape index (κ3) is 5.38. The molecule has 2 aromatic carbocycles. The summed E-state index contributed by atoms with van der Waals surface area (Å²) in [4.78, 5) is 14.8. The fourth-order valence-corrected chi connectivity index (χ4v) is 4.10. The van der Waals surface area contributed by atoms with Crippen molar-refractivity contribution in [3.8, 4) is 0 Å². The van der Waals surface area contributed by atoms with E-state index in [9.17, 15) is 4.79 Å². The fraction of sp³-hybridized carbons (Fsp3) is 0.444. The van der Waals surface area contributed by atoms with E-state index in [0.717, 1.165) is 44.3 Å². The van der Waals surface area contributed by atoms with E-state index in [1.807, 2.05) is 17.0 Å². The van der Waals surface area contributed by atoms with Crippen LogP contribution in [-0.2, 0) is 18.3 Å². The van der Waals surface area contributed by atoms with Crippen molar-refractivity contribution in [1.82, 2.24) is 4.90 Å². The van der Waals surface area contributed by atoms with Crippen LogP contribution in [0.2, 0.25) is 0 Å². The molecule has 0 unspecified atom stereocenters. The van der Waals surface area contributed by atoms with Crippen LogP contribution >= 0.6 is 0 Å². The molecule has 0 saturated carbocycles. The lowest BCUT2D eigenvalue weighted by atomic mass is 9.80. The van der Waals surface area contributed by atoms with E-state index in [1.165, 1.54) is 22.3 Å². The molecule has 0 aliphatic carbocycles. The highest BCUT2D eigenvalue weighted by molar-refractivity contribution is 5.94. The van der Waals surface area contributed by atoms with Crippen molar-refractivity contribution < 1.29 is 4.79 Å². The monoisotopic (exact) mass is 389 g/mol. The number of aryl methyl sites for hydroxylation is 1. The topological polar surface area (TPSA) is 20.3 Å². The van der Waals surface area contributed by atoms with Crippen molar-refractivity contribution in [1.29, 1.82) is 0 Å². The Morgan fingerprint density at radius 2 is 1.72 bits per heavy atom. The normalized spacial score (nSPS) is 14.6. The van der Waals surface area contributed by atoms with E-state index < -0.39 is 0 Å². The van der Waals surface area contributed by atoms with Crippen LogP contribution in [0.5, 0.6) is 0 Å². The maximum Gasteiger partial charge on any atom is 0.253 e.